The summed E-state index contributed by atoms with van der Waals surface area (Å²) >= 11 is 5.04. The number of ether oxygens (including phenoxy) is 1. The third kappa shape index (κ3) is 5.34. The maximum absolute atomic E-state index is 12.2. The van der Waals surface area contributed by atoms with E-state index < -0.39 is 0 Å². The molecule has 3 aromatic heterocycles. The minimum absolute atomic E-state index is 0.183. The van der Waals surface area contributed by atoms with Crippen LogP contribution < -0.4 is 10.1 Å². The number of fused-ring (bicyclic) bond motifs is 1. The number of carbonyl (C=O) groups is 1. The molecule has 0 bridgehead atoms. The van der Waals surface area contributed by atoms with Gasteiger partial charge in [0, 0.05) is 28.3 Å². The Bertz CT molecular complexity index is 1210. The van der Waals surface area contributed by atoms with E-state index in [9.17, 15) is 4.79 Å². The van der Waals surface area contributed by atoms with Gasteiger partial charge in [-0.1, -0.05) is 12.1 Å². The van der Waals surface area contributed by atoms with Gasteiger partial charge >= 0.3 is 0 Å². The van der Waals surface area contributed by atoms with Crippen molar-refractivity contribution in [3.63, 3.8) is 0 Å². The number of thiazole rings is 1. The van der Waals surface area contributed by atoms with Crippen LogP contribution in [-0.4, -0.2) is 20.3 Å². The summed E-state index contributed by atoms with van der Waals surface area (Å²) in [5.41, 5.74) is 3.43. The van der Waals surface area contributed by atoms with Crippen LogP contribution in [0.5, 0.6) is 5.75 Å². The maximum Gasteiger partial charge on any atom is 0.244 e. The highest BCUT2D eigenvalue weighted by Crippen LogP contribution is 2.17. The smallest absolute Gasteiger partial charge is 0.244 e. The van der Waals surface area contributed by atoms with Crippen LogP contribution in [0.4, 0.5) is 0 Å². The topological polar surface area (TPSA) is 68.5 Å². The molecule has 0 fully saturated rings. The Balaban J connectivity index is 1.31. The van der Waals surface area contributed by atoms with Crippen LogP contribution in [0.2, 0.25) is 0 Å². The SMILES string of the molecule is Cc1nc(COc2cccc(C=CC(=O)NCc3cn4cc(Br)ccc4n3)c2)cs1. The molecule has 0 saturated carbocycles. The molecule has 3 heterocycles. The molecule has 0 spiro atoms. The average molecular weight is 483 g/mol. The van der Waals surface area contributed by atoms with E-state index in [-0.39, 0.29) is 5.91 Å². The number of benzene rings is 1. The molecule has 4 aromatic rings. The number of nitrogens with one attached hydrogen (secondary N) is 1. The van der Waals surface area contributed by atoms with Crippen LogP contribution in [0.25, 0.3) is 11.7 Å². The van der Waals surface area contributed by atoms with Gasteiger partial charge in [0.2, 0.25) is 5.91 Å². The highest BCUT2D eigenvalue weighted by molar-refractivity contribution is 9.10. The first-order valence-electron chi connectivity index (χ1n) is 9.28. The van der Waals surface area contributed by atoms with Crippen molar-refractivity contribution in [3.05, 3.63) is 86.7 Å². The van der Waals surface area contributed by atoms with Gasteiger partial charge in [-0.15, -0.1) is 11.3 Å². The number of carbonyl (C=O) groups excluding carboxylic acids is 1. The van der Waals surface area contributed by atoms with E-state index in [1.54, 1.807) is 17.4 Å². The molecule has 1 aromatic carbocycles. The lowest BCUT2D eigenvalue weighted by atomic mass is 10.2. The molecule has 0 radical (unpaired) electrons. The minimum atomic E-state index is -0.183. The molecule has 1 N–H and O–H groups in total. The summed E-state index contributed by atoms with van der Waals surface area (Å²) < 4.78 is 8.68. The number of amides is 1. The third-order valence-electron chi connectivity index (χ3n) is 4.25. The number of rotatable bonds is 7. The average Bonchev–Trinajstić information content (AvgIpc) is 3.34. The zero-order chi connectivity index (χ0) is 20.9. The Hall–Kier alpha value is -2.97. The maximum atomic E-state index is 12.2. The fraction of sp³-hybridized carbons (Fsp3) is 0.136. The Kier molecular flexibility index (Phi) is 6.25. The van der Waals surface area contributed by atoms with Gasteiger partial charge in [-0.3, -0.25) is 4.79 Å². The molecule has 0 aliphatic carbocycles. The second-order valence-corrected chi connectivity index (χ2v) is 8.59. The molecular formula is C22H19BrN4O2S. The van der Waals surface area contributed by atoms with Crippen LogP contribution in [0, 0.1) is 6.92 Å². The van der Waals surface area contributed by atoms with Crippen LogP contribution in [-0.2, 0) is 17.9 Å². The molecule has 0 aliphatic heterocycles. The number of pyridine rings is 1. The highest BCUT2D eigenvalue weighted by atomic mass is 79.9. The van der Waals surface area contributed by atoms with Crippen molar-refractivity contribution in [1.82, 2.24) is 19.7 Å². The monoisotopic (exact) mass is 482 g/mol. The van der Waals surface area contributed by atoms with Crippen molar-refractivity contribution >= 4 is 44.9 Å². The Morgan fingerprint density at radius 1 is 1.23 bits per heavy atom. The van der Waals surface area contributed by atoms with E-state index in [1.165, 1.54) is 6.08 Å². The summed E-state index contributed by atoms with van der Waals surface area (Å²) in [5.74, 6) is 0.552. The van der Waals surface area contributed by atoms with Gasteiger partial charge in [-0.25, -0.2) is 9.97 Å². The molecule has 1 amide bonds. The van der Waals surface area contributed by atoms with Gasteiger partial charge in [0.25, 0.3) is 0 Å². The van der Waals surface area contributed by atoms with Crippen LogP contribution >= 0.6 is 27.3 Å². The quantitative estimate of drug-likeness (QED) is 0.385. The number of hydrogen-bond donors (Lipinski definition) is 1. The molecule has 0 aliphatic rings. The Labute approximate surface area is 186 Å². The zero-order valence-electron chi connectivity index (χ0n) is 16.2. The number of aromatic nitrogens is 3. The zero-order valence-corrected chi connectivity index (χ0v) is 18.6. The number of nitrogens with zero attached hydrogens (tertiary/aromatic N) is 3. The second-order valence-electron chi connectivity index (χ2n) is 6.62. The van der Waals surface area contributed by atoms with Crippen LogP contribution in [0.3, 0.4) is 0 Å². The standard InChI is InChI=1S/C22H19BrN4O2S/c1-15-25-19(14-30-15)13-29-20-4-2-3-16(9-20)5-8-22(28)24-10-18-12-27-11-17(23)6-7-21(27)26-18/h2-9,11-12,14H,10,13H2,1H3,(H,24,28). The lowest BCUT2D eigenvalue weighted by Gasteiger charge is -2.05. The first kappa shape index (κ1) is 20.3. The van der Waals surface area contributed by atoms with Gasteiger partial charge in [0.1, 0.15) is 18.0 Å². The van der Waals surface area contributed by atoms with Crippen molar-refractivity contribution in [2.45, 2.75) is 20.1 Å². The lowest BCUT2D eigenvalue weighted by Crippen LogP contribution is -2.20. The summed E-state index contributed by atoms with van der Waals surface area (Å²) in [6.07, 6.45) is 7.10. The fourth-order valence-electron chi connectivity index (χ4n) is 2.85. The van der Waals surface area contributed by atoms with Crippen molar-refractivity contribution < 1.29 is 9.53 Å². The molecule has 0 saturated heterocycles. The van der Waals surface area contributed by atoms with E-state index in [2.05, 4.69) is 31.2 Å². The van der Waals surface area contributed by atoms with Gasteiger partial charge in [0.15, 0.2) is 0 Å². The number of hydrogen-bond acceptors (Lipinski definition) is 5. The molecule has 8 heteroatoms. The van der Waals surface area contributed by atoms with Gasteiger partial charge in [-0.05, 0) is 58.8 Å². The van der Waals surface area contributed by atoms with E-state index in [0.29, 0.717) is 13.2 Å². The van der Waals surface area contributed by atoms with E-state index in [0.717, 1.165) is 37.8 Å². The van der Waals surface area contributed by atoms with Crippen molar-refractivity contribution in [2.24, 2.45) is 0 Å². The van der Waals surface area contributed by atoms with Gasteiger partial charge in [-0.2, -0.15) is 0 Å². The predicted octanol–water partition coefficient (Wildman–Crippen LogP) is 4.77. The molecule has 0 atom stereocenters. The first-order chi connectivity index (χ1) is 14.5. The van der Waals surface area contributed by atoms with Gasteiger partial charge < -0.3 is 14.5 Å². The second kappa shape index (κ2) is 9.23. The lowest BCUT2D eigenvalue weighted by molar-refractivity contribution is -0.116. The molecule has 0 unspecified atom stereocenters. The van der Waals surface area contributed by atoms with Crippen molar-refractivity contribution in [1.29, 1.82) is 0 Å². The summed E-state index contributed by atoms with van der Waals surface area (Å²) in [4.78, 5) is 21.1. The minimum Gasteiger partial charge on any atom is -0.487 e. The largest absolute Gasteiger partial charge is 0.487 e. The highest BCUT2D eigenvalue weighted by Gasteiger charge is 2.04. The summed E-state index contributed by atoms with van der Waals surface area (Å²) in [6.45, 7) is 2.75. The Morgan fingerprint density at radius 2 is 2.13 bits per heavy atom. The fourth-order valence-corrected chi connectivity index (χ4v) is 3.80. The van der Waals surface area contributed by atoms with E-state index >= 15 is 0 Å². The van der Waals surface area contributed by atoms with E-state index in [4.69, 9.17) is 4.74 Å². The summed E-state index contributed by atoms with van der Waals surface area (Å²) in [6, 6.07) is 11.4. The van der Waals surface area contributed by atoms with Crippen molar-refractivity contribution in [2.75, 3.05) is 0 Å². The number of halogens is 1. The summed E-state index contributed by atoms with van der Waals surface area (Å²) in [7, 11) is 0. The third-order valence-corrected chi connectivity index (χ3v) is 5.54. The molecule has 6 nitrogen and oxygen atoms in total. The van der Waals surface area contributed by atoms with E-state index in [1.807, 2.05) is 65.5 Å². The van der Waals surface area contributed by atoms with Gasteiger partial charge in [0.05, 0.1) is 22.9 Å². The Morgan fingerprint density at radius 3 is 2.97 bits per heavy atom. The number of aryl methyl sites for hydroxylation is 1. The van der Waals surface area contributed by atoms with Crippen molar-refractivity contribution in [3.8, 4) is 5.75 Å². The number of imidazole rings is 1. The van der Waals surface area contributed by atoms with Crippen LogP contribution in [0.1, 0.15) is 22.0 Å². The molecule has 4 rings (SSSR count). The van der Waals surface area contributed by atoms with Crippen LogP contribution in [0.15, 0.2) is 64.7 Å². The summed E-state index contributed by atoms with van der Waals surface area (Å²) in [5, 5.41) is 5.87. The molecule has 30 heavy (non-hydrogen) atoms. The molecular weight excluding hydrogens is 464 g/mol. The normalized spacial score (nSPS) is 11.3. The molecule has 152 valence electrons. The predicted molar refractivity (Wildman–Crippen MR) is 121 cm³/mol. The first-order valence-corrected chi connectivity index (χ1v) is 11.0.